The van der Waals surface area contributed by atoms with Gasteiger partial charge in [0.25, 0.3) is 0 Å². The van der Waals surface area contributed by atoms with Crippen LogP contribution in [0, 0.1) is 0 Å². The minimum atomic E-state index is -4.16. The van der Waals surface area contributed by atoms with Crippen molar-refractivity contribution >= 4 is 5.97 Å². The molecule has 0 heterocycles. The Hall–Kier alpha value is -2.31. The van der Waals surface area contributed by atoms with Crippen molar-refractivity contribution in [2.75, 3.05) is 13.2 Å². The molecule has 0 atom stereocenters. The van der Waals surface area contributed by atoms with Crippen LogP contribution in [0.5, 0.6) is 0 Å². The Morgan fingerprint density at radius 2 is 1.42 bits per heavy atom. The van der Waals surface area contributed by atoms with Crippen molar-refractivity contribution in [2.24, 2.45) is 0 Å². The van der Waals surface area contributed by atoms with Crippen molar-refractivity contribution in [3.05, 3.63) is 71.8 Å². The predicted octanol–water partition coefficient (Wildman–Crippen LogP) is 3.38. The summed E-state index contributed by atoms with van der Waals surface area (Å²) in [6.07, 6.45) is -4.16. The Labute approximate surface area is 139 Å². The highest BCUT2D eigenvalue weighted by Gasteiger charge is 2.40. The molecule has 0 aromatic heterocycles. The van der Waals surface area contributed by atoms with Crippen molar-refractivity contribution in [1.29, 1.82) is 0 Å². The number of carboxylic acid groups (broad SMARTS) is 1. The summed E-state index contributed by atoms with van der Waals surface area (Å²) in [6.45, 7) is 0.918. The van der Waals surface area contributed by atoms with Crippen LogP contribution in [-0.4, -0.2) is 35.2 Å². The maximum atomic E-state index is 13.0. The minimum absolute atomic E-state index is 0.187. The Kier molecular flexibility index (Phi) is 6.40. The lowest BCUT2D eigenvalue weighted by Crippen LogP contribution is -2.35. The van der Waals surface area contributed by atoms with Gasteiger partial charge in [0.15, 0.2) is 0 Å². The molecule has 0 radical (unpaired) electrons. The highest BCUT2D eigenvalue weighted by atomic mass is 19.3. The number of hydrogen-bond acceptors (Lipinski definition) is 3. The monoisotopic (exact) mass is 335 g/mol. The summed E-state index contributed by atoms with van der Waals surface area (Å²) in [7, 11) is 0. The van der Waals surface area contributed by atoms with Crippen molar-refractivity contribution in [1.82, 2.24) is 4.90 Å². The van der Waals surface area contributed by atoms with E-state index >= 15 is 0 Å². The summed E-state index contributed by atoms with van der Waals surface area (Å²) >= 11 is 0. The van der Waals surface area contributed by atoms with E-state index in [1.807, 2.05) is 65.6 Å². The summed E-state index contributed by atoms with van der Waals surface area (Å²) in [5.74, 6) is -2.28. The summed E-state index contributed by atoms with van der Waals surface area (Å²) in [6, 6.07) is 19.2. The Morgan fingerprint density at radius 3 is 1.83 bits per heavy atom. The molecule has 0 aliphatic carbocycles. The molecule has 0 aliphatic heterocycles. The molecule has 4 nitrogen and oxygen atoms in total. The summed E-state index contributed by atoms with van der Waals surface area (Å²) in [5.41, 5.74) is 2.08. The molecule has 1 N–H and O–H groups in total. The van der Waals surface area contributed by atoms with E-state index in [-0.39, 0.29) is 13.2 Å². The average molecular weight is 335 g/mol. The van der Waals surface area contributed by atoms with Gasteiger partial charge in [-0.15, -0.1) is 0 Å². The van der Waals surface area contributed by atoms with Crippen LogP contribution in [0.3, 0.4) is 0 Å². The quantitative estimate of drug-likeness (QED) is 0.763. The van der Waals surface area contributed by atoms with Gasteiger partial charge in [0.1, 0.15) is 0 Å². The molecular weight excluding hydrogens is 316 g/mol. The Bertz CT molecular complexity index is 594. The number of aliphatic carboxylic acids is 1. The molecule has 0 saturated carbocycles. The molecule has 0 saturated heterocycles. The zero-order valence-electron chi connectivity index (χ0n) is 13.1. The van der Waals surface area contributed by atoms with E-state index in [0.717, 1.165) is 11.1 Å². The SMILES string of the molecule is O=C(O)C(F)(F)OCCN(Cc1ccccc1)Cc1ccccc1. The Balaban J connectivity index is 1.98. The molecule has 24 heavy (non-hydrogen) atoms. The van der Waals surface area contributed by atoms with Crippen LogP contribution in [0.15, 0.2) is 60.7 Å². The number of nitrogens with zero attached hydrogens (tertiary/aromatic N) is 1. The van der Waals surface area contributed by atoms with E-state index < -0.39 is 12.1 Å². The third-order valence-corrected chi connectivity index (χ3v) is 3.44. The van der Waals surface area contributed by atoms with E-state index in [2.05, 4.69) is 4.74 Å². The number of carboxylic acids is 1. The van der Waals surface area contributed by atoms with Crippen LogP contribution in [0.4, 0.5) is 8.78 Å². The lowest BCUT2D eigenvalue weighted by atomic mass is 10.1. The smallest absolute Gasteiger partial charge is 0.455 e. The summed E-state index contributed by atoms with van der Waals surface area (Å²) < 4.78 is 30.2. The first-order valence-electron chi connectivity index (χ1n) is 7.53. The van der Waals surface area contributed by atoms with Gasteiger partial charge in [0.2, 0.25) is 0 Å². The number of carbonyl (C=O) groups is 1. The molecule has 0 aliphatic rings. The largest absolute Gasteiger partial charge is 0.475 e. The van der Waals surface area contributed by atoms with E-state index in [4.69, 9.17) is 5.11 Å². The van der Waals surface area contributed by atoms with Gasteiger partial charge in [0, 0.05) is 19.6 Å². The second-order valence-electron chi connectivity index (χ2n) is 5.35. The number of ether oxygens (including phenoxy) is 1. The van der Waals surface area contributed by atoms with Crippen LogP contribution in [0.2, 0.25) is 0 Å². The van der Waals surface area contributed by atoms with Crippen molar-refractivity contribution in [3.63, 3.8) is 0 Å². The molecule has 0 unspecified atom stereocenters. The maximum absolute atomic E-state index is 13.0. The minimum Gasteiger partial charge on any atom is -0.475 e. The third kappa shape index (κ3) is 5.72. The third-order valence-electron chi connectivity index (χ3n) is 3.44. The van der Waals surface area contributed by atoms with Gasteiger partial charge in [-0.3, -0.25) is 4.90 Å². The highest BCUT2D eigenvalue weighted by Crippen LogP contribution is 2.16. The lowest BCUT2D eigenvalue weighted by Gasteiger charge is -2.23. The zero-order chi connectivity index (χ0) is 17.4. The highest BCUT2D eigenvalue weighted by molar-refractivity contribution is 5.73. The molecule has 0 fully saturated rings. The van der Waals surface area contributed by atoms with Crippen LogP contribution >= 0.6 is 0 Å². The first-order valence-corrected chi connectivity index (χ1v) is 7.53. The number of hydrogen-bond donors (Lipinski definition) is 1. The van der Waals surface area contributed by atoms with E-state index in [1.165, 1.54) is 0 Å². The van der Waals surface area contributed by atoms with Crippen LogP contribution in [-0.2, 0) is 22.6 Å². The van der Waals surface area contributed by atoms with Gasteiger partial charge in [-0.25, -0.2) is 4.79 Å². The number of alkyl halides is 2. The molecule has 2 aromatic rings. The number of halogens is 2. The predicted molar refractivity (Wildman–Crippen MR) is 85.5 cm³/mol. The standard InChI is InChI=1S/C18H19F2NO3/c19-18(20,17(22)23)24-12-11-21(13-15-7-3-1-4-8-15)14-16-9-5-2-6-10-16/h1-10H,11-14H2,(H,22,23). The van der Waals surface area contributed by atoms with Gasteiger partial charge in [-0.05, 0) is 11.1 Å². The van der Waals surface area contributed by atoms with E-state index in [9.17, 15) is 13.6 Å². The van der Waals surface area contributed by atoms with Crippen molar-refractivity contribution in [3.8, 4) is 0 Å². The topological polar surface area (TPSA) is 49.8 Å². The first-order chi connectivity index (χ1) is 11.5. The van der Waals surface area contributed by atoms with Crippen LogP contribution in [0.25, 0.3) is 0 Å². The first kappa shape index (κ1) is 18.0. The van der Waals surface area contributed by atoms with Gasteiger partial charge in [-0.1, -0.05) is 60.7 Å². The number of rotatable bonds is 9. The molecule has 2 rings (SSSR count). The van der Waals surface area contributed by atoms with Gasteiger partial charge >= 0.3 is 12.1 Å². The molecule has 2 aromatic carbocycles. The molecule has 128 valence electrons. The molecule has 6 heteroatoms. The fourth-order valence-electron chi connectivity index (χ4n) is 2.26. The molecule has 0 bridgehead atoms. The van der Waals surface area contributed by atoms with Crippen molar-refractivity contribution in [2.45, 2.75) is 19.2 Å². The maximum Gasteiger partial charge on any atom is 0.455 e. The second kappa shape index (κ2) is 8.52. The lowest BCUT2D eigenvalue weighted by molar-refractivity contribution is -0.246. The second-order valence-corrected chi connectivity index (χ2v) is 5.35. The molecule has 0 spiro atoms. The van der Waals surface area contributed by atoms with Crippen molar-refractivity contribution < 1.29 is 23.4 Å². The molecular formula is C18H19F2NO3. The average Bonchev–Trinajstić information content (AvgIpc) is 2.56. The zero-order valence-corrected chi connectivity index (χ0v) is 13.1. The van der Waals surface area contributed by atoms with Crippen LogP contribution < -0.4 is 0 Å². The van der Waals surface area contributed by atoms with Gasteiger partial charge in [0.05, 0.1) is 6.61 Å². The van der Waals surface area contributed by atoms with E-state index in [0.29, 0.717) is 13.1 Å². The Morgan fingerprint density at radius 1 is 0.958 bits per heavy atom. The normalized spacial score (nSPS) is 11.6. The van der Waals surface area contributed by atoms with E-state index in [1.54, 1.807) is 0 Å². The molecule has 0 amide bonds. The van der Waals surface area contributed by atoms with Crippen LogP contribution in [0.1, 0.15) is 11.1 Å². The number of benzene rings is 2. The van der Waals surface area contributed by atoms with Gasteiger partial charge < -0.3 is 9.84 Å². The fraction of sp³-hybridized carbons (Fsp3) is 0.278. The summed E-state index contributed by atoms with van der Waals surface area (Å²) in [5, 5.41) is 8.39. The summed E-state index contributed by atoms with van der Waals surface area (Å²) in [4.78, 5) is 12.3. The fourth-order valence-corrected chi connectivity index (χ4v) is 2.26. The van der Waals surface area contributed by atoms with Gasteiger partial charge in [-0.2, -0.15) is 8.78 Å².